The Hall–Kier alpha value is -3.82. The summed E-state index contributed by atoms with van der Waals surface area (Å²) in [5.41, 5.74) is 6.58. The van der Waals surface area contributed by atoms with Crippen molar-refractivity contribution in [2.45, 2.75) is 25.7 Å². The molecule has 0 atom stereocenters. The van der Waals surface area contributed by atoms with Gasteiger partial charge < -0.3 is 25.2 Å². The number of ether oxygens (including phenoxy) is 1. The van der Waals surface area contributed by atoms with Gasteiger partial charge in [0.1, 0.15) is 11.6 Å². The number of hydrogen-bond donors (Lipinski definition) is 2. The molecule has 9 heteroatoms. The number of aromatic nitrogens is 4. The van der Waals surface area contributed by atoms with Crippen molar-refractivity contribution in [1.82, 2.24) is 25.3 Å². The fraction of sp³-hybridized carbons (Fsp3) is 0.400. The zero-order valence-electron chi connectivity index (χ0n) is 22.4. The fourth-order valence-corrected chi connectivity index (χ4v) is 5.61. The average molecular weight is 523 g/mol. The van der Waals surface area contributed by atoms with Gasteiger partial charge in [-0.1, -0.05) is 0 Å². The first-order chi connectivity index (χ1) is 19.2. The lowest BCUT2D eigenvalue weighted by molar-refractivity contribution is 0.122. The van der Waals surface area contributed by atoms with E-state index >= 15 is 0 Å². The molecular weight excluding hydrogens is 488 g/mol. The minimum absolute atomic E-state index is 0.576. The third kappa shape index (κ3) is 4.99. The molecule has 0 radical (unpaired) electrons. The molecule has 0 spiro atoms. The van der Waals surface area contributed by atoms with E-state index in [4.69, 9.17) is 14.7 Å². The van der Waals surface area contributed by atoms with Crippen molar-refractivity contribution in [3.8, 4) is 11.4 Å². The number of anilines is 4. The van der Waals surface area contributed by atoms with Crippen LogP contribution in [0.25, 0.3) is 22.3 Å². The monoisotopic (exact) mass is 522 g/mol. The second-order valence-electron chi connectivity index (χ2n) is 10.7. The summed E-state index contributed by atoms with van der Waals surface area (Å²) in [5, 5.41) is 8.15. The number of nitrogens with zero attached hydrogens (tertiary/aromatic N) is 6. The molecule has 1 saturated carbocycles. The van der Waals surface area contributed by atoms with Crippen molar-refractivity contribution in [3.05, 3.63) is 60.0 Å². The molecule has 4 aromatic rings. The van der Waals surface area contributed by atoms with Crippen LogP contribution < -0.4 is 20.4 Å². The molecule has 3 aliphatic rings. The minimum Gasteiger partial charge on any atom is -0.378 e. The molecule has 2 N–H and O–H groups in total. The van der Waals surface area contributed by atoms with Crippen molar-refractivity contribution in [1.29, 1.82) is 0 Å². The summed E-state index contributed by atoms with van der Waals surface area (Å²) in [6, 6.07) is 10.6. The number of aryl methyl sites for hydroxylation is 1. The summed E-state index contributed by atoms with van der Waals surface area (Å²) in [5.74, 6) is 3.08. The number of benzene rings is 1. The van der Waals surface area contributed by atoms with E-state index in [1.54, 1.807) is 0 Å². The molecule has 5 heterocycles. The summed E-state index contributed by atoms with van der Waals surface area (Å²) in [6.07, 6.45) is 8.17. The Morgan fingerprint density at radius 2 is 1.79 bits per heavy atom. The normalized spacial score (nSPS) is 18.0. The van der Waals surface area contributed by atoms with Crippen molar-refractivity contribution in [2.75, 3.05) is 67.6 Å². The molecule has 9 nitrogen and oxygen atoms in total. The van der Waals surface area contributed by atoms with Crippen molar-refractivity contribution >= 4 is 33.9 Å². The van der Waals surface area contributed by atoms with Gasteiger partial charge in [-0.2, -0.15) is 0 Å². The number of piperazine rings is 1. The van der Waals surface area contributed by atoms with Crippen LogP contribution in [-0.4, -0.2) is 72.4 Å². The van der Waals surface area contributed by atoms with Crippen molar-refractivity contribution < 1.29 is 4.74 Å². The summed E-state index contributed by atoms with van der Waals surface area (Å²) < 4.78 is 5.50. The van der Waals surface area contributed by atoms with E-state index in [1.165, 1.54) is 35.0 Å². The molecule has 1 aromatic carbocycles. The summed E-state index contributed by atoms with van der Waals surface area (Å²) >= 11 is 0. The Kier molecular flexibility index (Phi) is 6.46. The molecule has 3 aromatic heterocycles. The Morgan fingerprint density at radius 3 is 2.59 bits per heavy atom. The highest BCUT2D eigenvalue weighted by Crippen LogP contribution is 2.45. The van der Waals surface area contributed by atoms with Gasteiger partial charge in [0.2, 0.25) is 0 Å². The Labute approximate surface area is 228 Å². The third-order valence-corrected chi connectivity index (χ3v) is 7.92. The number of nitrogens with one attached hydrogen (secondary N) is 2. The molecule has 0 unspecified atom stereocenters. The number of rotatable bonds is 6. The summed E-state index contributed by atoms with van der Waals surface area (Å²) in [6.45, 7) is 9.32. The van der Waals surface area contributed by atoms with Crippen molar-refractivity contribution in [2.24, 2.45) is 0 Å². The van der Waals surface area contributed by atoms with Gasteiger partial charge in [-0.15, -0.1) is 0 Å². The topological polar surface area (TPSA) is 91.3 Å². The fourth-order valence-electron chi connectivity index (χ4n) is 5.61. The lowest BCUT2D eigenvalue weighted by atomic mass is 10.1. The standard InChI is InChI=1S/C30H34N8O/c1-20-16-23(37-12-14-39-15-13-37)4-5-25(20)34-27-17-22(6-7-33-27)29-35-26-19-32-18-24(21-2-3-21)28(26)30(36-29)38-10-8-31-9-11-38/h4-7,16-19,21,31H,2-3,8-15H2,1H3,(H,33,34). The van der Waals surface area contributed by atoms with Gasteiger partial charge in [-0.25, -0.2) is 15.0 Å². The Morgan fingerprint density at radius 1 is 0.949 bits per heavy atom. The van der Waals surface area contributed by atoms with Crippen LogP contribution in [0, 0.1) is 6.92 Å². The number of pyridine rings is 2. The van der Waals surface area contributed by atoms with Gasteiger partial charge >= 0.3 is 0 Å². The molecule has 2 aliphatic heterocycles. The molecule has 200 valence electrons. The van der Waals surface area contributed by atoms with Gasteiger partial charge in [0.05, 0.1) is 24.9 Å². The van der Waals surface area contributed by atoms with Gasteiger partial charge in [-0.05, 0) is 67.1 Å². The van der Waals surface area contributed by atoms with Crippen LogP contribution in [0.1, 0.15) is 29.9 Å². The zero-order valence-corrected chi connectivity index (χ0v) is 22.4. The second-order valence-corrected chi connectivity index (χ2v) is 10.7. The molecule has 1 aliphatic carbocycles. The molecule has 2 saturated heterocycles. The van der Waals surface area contributed by atoms with Crippen LogP contribution in [0.4, 0.5) is 23.0 Å². The van der Waals surface area contributed by atoms with Gasteiger partial charge in [0, 0.05) is 74.0 Å². The molecular formula is C30H34N8O. The molecule has 7 rings (SSSR count). The first kappa shape index (κ1) is 24.2. The quantitative estimate of drug-likeness (QED) is 0.385. The van der Waals surface area contributed by atoms with E-state index in [0.29, 0.717) is 11.7 Å². The number of fused-ring (bicyclic) bond motifs is 1. The maximum absolute atomic E-state index is 5.50. The largest absolute Gasteiger partial charge is 0.378 e. The van der Waals surface area contributed by atoms with E-state index in [-0.39, 0.29) is 0 Å². The smallest absolute Gasteiger partial charge is 0.162 e. The zero-order chi connectivity index (χ0) is 26.2. The highest BCUT2D eigenvalue weighted by atomic mass is 16.5. The number of morpholine rings is 1. The number of hydrogen-bond acceptors (Lipinski definition) is 9. The predicted molar refractivity (Wildman–Crippen MR) is 155 cm³/mol. The van der Waals surface area contributed by atoms with Crippen molar-refractivity contribution in [3.63, 3.8) is 0 Å². The third-order valence-electron chi connectivity index (χ3n) is 7.92. The van der Waals surface area contributed by atoms with E-state index in [0.717, 1.165) is 80.9 Å². The maximum atomic E-state index is 5.50. The summed E-state index contributed by atoms with van der Waals surface area (Å²) in [7, 11) is 0. The van der Waals surface area contributed by atoms with E-state index in [1.807, 2.05) is 30.7 Å². The van der Waals surface area contributed by atoms with Crippen LogP contribution >= 0.6 is 0 Å². The molecule has 3 fully saturated rings. The second kappa shape index (κ2) is 10.4. The van der Waals surface area contributed by atoms with Crippen LogP contribution in [0.2, 0.25) is 0 Å². The van der Waals surface area contributed by atoms with Crippen LogP contribution in [0.5, 0.6) is 0 Å². The lowest BCUT2D eigenvalue weighted by Crippen LogP contribution is -2.44. The van der Waals surface area contributed by atoms with Crippen LogP contribution in [0.15, 0.2) is 48.9 Å². The minimum atomic E-state index is 0.576. The molecule has 39 heavy (non-hydrogen) atoms. The maximum Gasteiger partial charge on any atom is 0.162 e. The van der Waals surface area contributed by atoms with Gasteiger partial charge in [0.25, 0.3) is 0 Å². The highest BCUT2D eigenvalue weighted by Gasteiger charge is 2.29. The first-order valence-electron chi connectivity index (χ1n) is 14.0. The van der Waals surface area contributed by atoms with E-state index in [9.17, 15) is 0 Å². The van der Waals surface area contributed by atoms with E-state index in [2.05, 4.69) is 55.5 Å². The molecule has 0 bridgehead atoms. The Balaban J connectivity index is 1.21. The lowest BCUT2D eigenvalue weighted by Gasteiger charge is -2.30. The van der Waals surface area contributed by atoms with Crippen LogP contribution in [0.3, 0.4) is 0 Å². The SMILES string of the molecule is Cc1cc(N2CCOCC2)ccc1Nc1cc(-c2nc(N3CCNCC3)c3c(C4CC4)cncc3n2)ccn1. The highest BCUT2D eigenvalue weighted by molar-refractivity contribution is 5.94. The average Bonchev–Trinajstić information content (AvgIpc) is 3.84. The predicted octanol–water partition coefficient (Wildman–Crippen LogP) is 4.26. The van der Waals surface area contributed by atoms with E-state index < -0.39 is 0 Å². The Bertz CT molecular complexity index is 1490. The summed E-state index contributed by atoms with van der Waals surface area (Å²) in [4.78, 5) is 24.1. The van der Waals surface area contributed by atoms with Gasteiger partial charge in [-0.3, -0.25) is 4.98 Å². The first-order valence-corrected chi connectivity index (χ1v) is 14.0. The van der Waals surface area contributed by atoms with Gasteiger partial charge in [0.15, 0.2) is 5.82 Å². The van der Waals surface area contributed by atoms with Crippen LogP contribution in [-0.2, 0) is 4.74 Å². The molecule has 0 amide bonds.